The lowest BCUT2D eigenvalue weighted by atomic mass is 10.2. The fourth-order valence-electron chi connectivity index (χ4n) is 1.47. The monoisotopic (exact) mass is 192 g/mol. The molecule has 2 rings (SSSR count). The molecule has 0 saturated heterocycles. The van der Waals surface area contributed by atoms with Crippen molar-refractivity contribution >= 4 is 5.91 Å². The van der Waals surface area contributed by atoms with Gasteiger partial charge in [0.2, 0.25) is 0 Å². The first kappa shape index (κ1) is 8.80. The third-order valence-corrected chi connectivity index (χ3v) is 2.23. The van der Waals surface area contributed by atoms with E-state index < -0.39 is 5.91 Å². The Bertz CT molecular complexity index is 369. The highest BCUT2D eigenvalue weighted by Gasteiger charge is 2.13. The Balaban J connectivity index is 2.16. The molecule has 1 amide bonds. The van der Waals surface area contributed by atoms with Crippen molar-refractivity contribution in [2.45, 2.75) is 12.5 Å². The molecule has 1 atom stereocenters. The summed E-state index contributed by atoms with van der Waals surface area (Å²) in [5.41, 5.74) is 5.43. The van der Waals surface area contributed by atoms with Gasteiger partial charge in [-0.3, -0.25) is 9.48 Å². The summed E-state index contributed by atoms with van der Waals surface area (Å²) in [5, 5.41) is 7.22. The van der Waals surface area contributed by atoms with Gasteiger partial charge in [0, 0.05) is 12.7 Å². The molecule has 0 fully saturated rings. The summed E-state index contributed by atoms with van der Waals surface area (Å²) in [7, 11) is 0. The topological polar surface area (TPSA) is 72.9 Å². The van der Waals surface area contributed by atoms with E-state index in [0.29, 0.717) is 5.69 Å². The van der Waals surface area contributed by atoms with Gasteiger partial charge in [0.05, 0.1) is 6.04 Å². The second-order valence-electron chi connectivity index (χ2n) is 3.25. The summed E-state index contributed by atoms with van der Waals surface area (Å²) < 4.78 is 1.77. The molecule has 1 aromatic heterocycles. The van der Waals surface area contributed by atoms with Gasteiger partial charge in [-0.1, -0.05) is 6.08 Å². The van der Waals surface area contributed by atoms with Crippen LogP contribution in [0.2, 0.25) is 0 Å². The van der Waals surface area contributed by atoms with E-state index in [9.17, 15) is 4.79 Å². The zero-order chi connectivity index (χ0) is 9.97. The normalized spacial score (nSPS) is 20.4. The number of primary amides is 1. The second-order valence-corrected chi connectivity index (χ2v) is 3.25. The number of rotatable bonds is 2. The predicted molar refractivity (Wildman–Crippen MR) is 51.5 cm³/mol. The van der Waals surface area contributed by atoms with E-state index in [-0.39, 0.29) is 6.04 Å². The van der Waals surface area contributed by atoms with Gasteiger partial charge in [-0.25, -0.2) is 0 Å². The number of carbonyl (C=O) groups is 1. The molecule has 5 heteroatoms. The molecule has 2 heterocycles. The Morgan fingerprint density at radius 1 is 1.71 bits per heavy atom. The van der Waals surface area contributed by atoms with Crippen LogP contribution in [0.5, 0.6) is 0 Å². The van der Waals surface area contributed by atoms with Crippen molar-refractivity contribution in [3.8, 4) is 0 Å². The molecule has 0 saturated carbocycles. The van der Waals surface area contributed by atoms with Gasteiger partial charge in [-0.15, -0.1) is 0 Å². The van der Waals surface area contributed by atoms with Crippen molar-refractivity contribution in [2.24, 2.45) is 5.73 Å². The van der Waals surface area contributed by atoms with Gasteiger partial charge < -0.3 is 11.1 Å². The quantitative estimate of drug-likeness (QED) is 0.694. The first-order valence-electron chi connectivity index (χ1n) is 4.51. The molecule has 0 aliphatic carbocycles. The van der Waals surface area contributed by atoms with Crippen LogP contribution in [0.15, 0.2) is 24.5 Å². The third-order valence-electron chi connectivity index (χ3n) is 2.23. The van der Waals surface area contributed by atoms with Gasteiger partial charge in [0.1, 0.15) is 5.69 Å². The van der Waals surface area contributed by atoms with Crippen LogP contribution >= 0.6 is 0 Å². The maximum Gasteiger partial charge on any atom is 0.269 e. The Hall–Kier alpha value is -1.78. The van der Waals surface area contributed by atoms with Crippen LogP contribution in [0.4, 0.5) is 0 Å². The van der Waals surface area contributed by atoms with Gasteiger partial charge in [0.25, 0.3) is 5.91 Å². The number of carbonyl (C=O) groups excluding carboxylic acids is 1. The Morgan fingerprint density at radius 3 is 3.14 bits per heavy atom. The lowest BCUT2D eigenvalue weighted by Gasteiger charge is -2.19. The molecule has 0 spiro atoms. The fourth-order valence-corrected chi connectivity index (χ4v) is 1.47. The minimum atomic E-state index is -0.483. The maximum absolute atomic E-state index is 10.8. The number of nitrogens with zero attached hydrogens (tertiary/aromatic N) is 2. The molecular formula is C9H12N4O. The first-order valence-corrected chi connectivity index (χ1v) is 4.51. The van der Waals surface area contributed by atoms with E-state index in [1.54, 1.807) is 16.9 Å². The van der Waals surface area contributed by atoms with E-state index in [4.69, 9.17) is 5.73 Å². The summed E-state index contributed by atoms with van der Waals surface area (Å²) in [4.78, 5) is 10.8. The second kappa shape index (κ2) is 3.53. The third kappa shape index (κ3) is 1.61. The Morgan fingerprint density at radius 2 is 2.57 bits per heavy atom. The van der Waals surface area contributed by atoms with Crippen molar-refractivity contribution in [3.05, 3.63) is 30.2 Å². The summed E-state index contributed by atoms with van der Waals surface area (Å²) in [5.74, 6) is -0.483. The molecule has 1 aliphatic rings. The smallest absolute Gasteiger partial charge is 0.269 e. The predicted octanol–water partition coefficient (Wildman–Crippen LogP) is 0.0301. The van der Waals surface area contributed by atoms with Crippen LogP contribution in [-0.4, -0.2) is 22.2 Å². The van der Waals surface area contributed by atoms with E-state index in [1.165, 1.54) is 0 Å². The average Bonchev–Trinajstić information content (AvgIpc) is 2.68. The Labute approximate surface area is 81.6 Å². The largest absolute Gasteiger partial charge is 0.389 e. The molecule has 0 radical (unpaired) electrons. The SMILES string of the molecule is NC(=O)c1ccn(C2CC=CNC2)n1. The summed E-state index contributed by atoms with van der Waals surface area (Å²) in [6.45, 7) is 0.830. The lowest BCUT2D eigenvalue weighted by molar-refractivity contribution is 0.0994. The molecular weight excluding hydrogens is 180 g/mol. The van der Waals surface area contributed by atoms with Crippen LogP contribution in [0.25, 0.3) is 0 Å². The first-order chi connectivity index (χ1) is 6.77. The average molecular weight is 192 g/mol. The molecule has 1 aliphatic heterocycles. The maximum atomic E-state index is 10.8. The van der Waals surface area contributed by atoms with Gasteiger partial charge >= 0.3 is 0 Å². The molecule has 1 aromatic rings. The number of hydrogen-bond donors (Lipinski definition) is 2. The number of nitrogens with two attached hydrogens (primary N) is 1. The number of aromatic nitrogens is 2. The van der Waals surface area contributed by atoms with Crippen molar-refractivity contribution in [1.29, 1.82) is 0 Å². The summed E-state index contributed by atoms with van der Waals surface area (Å²) >= 11 is 0. The number of allylic oxidation sites excluding steroid dienone is 1. The highest BCUT2D eigenvalue weighted by Crippen LogP contribution is 2.13. The summed E-state index contributed by atoms with van der Waals surface area (Å²) in [6, 6.07) is 1.91. The van der Waals surface area contributed by atoms with Crippen molar-refractivity contribution in [3.63, 3.8) is 0 Å². The number of hydrogen-bond acceptors (Lipinski definition) is 3. The van der Waals surface area contributed by atoms with Crippen LogP contribution in [-0.2, 0) is 0 Å². The lowest BCUT2D eigenvalue weighted by Crippen LogP contribution is -2.25. The van der Waals surface area contributed by atoms with Crippen molar-refractivity contribution in [1.82, 2.24) is 15.1 Å². The van der Waals surface area contributed by atoms with E-state index >= 15 is 0 Å². The molecule has 14 heavy (non-hydrogen) atoms. The van der Waals surface area contributed by atoms with E-state index in [0.717, 1.165) is 13.0 Å². The molecule has 3 N–H and O–H groups in total. The zero-order valence-electron chi connectivity index (χ0n) is 7.68. The molecule has 0 aromatic carbocycles. The Kier molecular flexibility index (Phi) is 2.22. The number of nitrogens with one attached hydrogen (secondary N) is 1. The van der Waals surface area contributed by atoms with Crippen molar-refractivity contribution < 1.29 is 4.79 Å². The fraction of sp³-hybridized carbons (Fsp3) is 0.333. The zero-order valence-corrected chi connectivity index (χ0v) is 7.68. The molecule has 0 bridgehead atoms. The van der Waals surface area contributed by atoms with Gasteiger partial charge in [-0.2, -0.15) is 5.10 Å². The van der Waals surface area contributed by atoms with Crippen LogP contribution in [0.1, 0.15) is 23.0 Å². The standard InChI is InChI=1S/C9H12N4O/c10-9(14)8-3-5-13(12-8)7-2-1-4-11-6-7/h1,3-5,7,11H,2,6H2,(H2,10,14). The van der Waals surface area contributed by atoms with Gasteiger partial charge in [-0.05, 0) is 18.7 Å². The molecule has 5 nitrogen and oxygen atoms in total. The minimum absolute atomic E-state index is 0.271. The van der Waals surface area contributed by atoms with Crippen LogP contribution < -0.4 is 11.1 Å². The van der Waals surface area contributed by atoms with E-state index in [1.807, 2.05) is 12.3 Å². The molecule has 74 valence electrons. The van der Waals surface area contributed by atoms with E-state index in [2.05, 4.69) is 10.4 Å². The van der Waals surface area contributed by atoms with Crippen LogP contribution in [0, 0.1) is 0 Å². The minimum Gasteiger partial charge on any atom is -0.389 e. The molecule has 1 unspecified atom stereocenters. The van der Waals surface area contributed by atoms with Crippen LogP contribution in [0.3, 0.4) is 0 Å². The van der Waals surface area contributed by atoms with Crippen molar-refractivity contribution in [2.75, 3.05) is 6.54 Å². The highest BCUT2D eigenvalue weighted by molar-refractivity contribution is 5.90. The van der Waals surface area contributed by atoms with Gasteiger partial charge in [0.15, 0.2) is 0 Å². The number of amides is 1. The highest BCUT2D eigenvalue weighted by atomic mass is 16.1. The summed E-state index contributed by atoms with van der Waals surface area (Å²) in [6.07, 6.45) is 6.67.